The largest absolute Gasteiger partial charge is 0.481 e. The van der Waals surface area contributed by atoms with Crippen molar-refractivity contribution in [2.75, 3.05) is 0 Å². The molecule has 0 aromatic heterocycles. The van der Waals surface area contributed by atoms with Gasteiger partial charge in [0.05, 0.1) is 5.41 Å². The maximum atomic E-state index is 11.5. The van der Waals surface area contributed by atoms with Gasteiger partial charge < -0.3 is 10.2 Å². The van der Waals surface area contributed by atoms with Gasteiger partial charge in [0.15, 0.2) is 0 Å². The molecule has 2 saturated carbocycles. The lowest BCUT2D eigenvalue weighted by Gasteiger charge is -2.29. The molecule has 0 aromatic carbocycles. The molecule has 0 atom stereocenters. The normalized spacial score (nSPS) is 36.5. The van der Waals surface area contributed by atoms with Gasteiger partial charge in [-0.25, -0.2) is 0 Å². The number of hydrogen-bond donors (Lipinski definition) is 2. The first-order chi connectivity index (χ1) is 7.57. The van der Waals surface area contributed by atoms with Crippen LogP contribution in [0.4, 0.5) is 0 Å². The smallest absolute Gasteiger partial charge is 0.310 e. The fourth-order valence-electron chi connectivity index (χ4n) is 3.85. The first kappa shape index (κ1) is 11.4. The van der Waals surface area contributed by atoms with E-state index in [-0.39, 0.29) is 6.42 Å². The maximum Gasteiger partial charge on any atom is 0.310 e. The third-order valence-electron chi connectivity index (χ3n) is 4.56. The van der Waals surface area contributed by atoms with Gasteiger partial charge in [-0.1, -0.05) is 0 Å². The lowest BCUT2D eigenvalue weighted by molar-refractivity contribution is -0.153. The van der Waals surface area contributed by atoms with Gasteiger partial charge >= 0.3 is 11.9 Å². The van der Waals surface area contributed by atoms with E-state index in [4.69, 9.17) is 5.11 Å². The highest BCUT2D eigenvalue weighted by Gasteiger charge is 2.58. The van der Waals surface area contributed by atoms with Crippen LogP contribution < -0.4 is 0 Å². The molecule has 2 fully saturated rings. The summed E-state index contributed by atoms with van der Waals surface area (Å²) in [6.07, 6.45) is 5.20. The summed E-state index contributed by atoms with van der Waals surface area (Å²) in [5, 5.41) is 18.1. The average molecular weight is 226 g/mol. The van der Waals surface area contributed by atoms with E-state index in [1.54, 1.807) is 0 Å². The Balaban J connectivity index is 2.06. The van der Waals surface area contributed by atoms with Crippen LogP contribution in [-0.4, -0.2) is 22.2 Å². The number of carbonyl (C=O) groups is 2. The molecular weight excluding hydrogens is 208 g/mol. The van der Waals surface area contributed by atoms with E-state index >= 15 is 0 Å². The summed E-state index contributed by atoms with van der Waals surface area (Å²) in [6, 6.07) is 0. The third kappa shape index (κ3) is 1.60. The van der Waals surface area contributed by atoms with Crippen LogP contribution in [0.3, 0.4) is 0 Å². The molecule has 2 rings (SSSR count). The number of aliphatic carboxylic acids is 2. The first-order valence-electron chi connectivity index (χ1n) is 6.02. The molecule has 0 aromatic rings. The predicted octanol–water partition coefficient (Wildman–Crippen LogP) is 2.13. The molecule has 0 unspecified atom stereocenters. The van der Waals surface area contributed by atoms with Gasteiger partial charge in [-0.3, -0.25) is 9.59 Å². The monoisotopic (exact) mass is 226 g/mol. The molecule has 16 heavy (non-hydrogen) atoms. The summed E-state index contributed by atoms with van der Waals surface area (Å²) in [5.41, 5.74) is -0.588. The van der Waals surface area contributed by atoms with Crippen molar-refractivity contribution in [3.63, 3.8) is 0 Å². The number of carboxylic acids is 2. The van der Waals surface area contributed by atoms with Crippen molar-refractivity contribution in [1.29, 1.82) is 0 Å². The van der Waals surface area contributed by atoms with E-state index in [1.165, 1.54) is 0 Å². The Kier molecular flexibility index (Phi) is 2.91. The van der Waals surface area contributed by atoms with Crippen LogP contribution in [0.25, 0.3) is 0 Å². The molecule has 2 bridgehead atoms. The highest BCUT2D eigenvalue weighted by Crippen LogP contribution is 2.60. The van der Waals surface area contributed by atoms with Crippen molar-refractivity contribution in [3.05, 3.63) is 0 Å². The molecule has 90 valence electrons. The Morgan fingerprint density at radius 3 is 1.94 bits per heavy atom. The van der Waals surface area contributed by atoms with Gasteiger partial charge in [-0.2, -0.15) is 0 Å². The molecule has 4 heteroatoms. The molecule has 0 heterocycles. The van der Waals surface area contributed by atoms with E-state index in [0.717, 1.165) is 25.7 Å². The van der Waals surface area contributed by atoms with Crippen molar-refractivity contribution in [2.24, 2.45) is 17.3 Å². The lowest BCUT2D eigenvalue weighted by Crippen LogP contribution is -2.35. The van der Waals surface area contributed by atoms with Gasteiger partial charge in [0.2, 0.25) is 0 Å². The summed E-state index contributed by atoms with van der Waals surface area (Å²) in [6.45, 7) is 0. The van der Waals surface area contributed by atoms with E-state index in [9.17, 15) is 14.7 Å². The van der Waals surface area contributed by atoms with Crippen molar-refractivity contribution >= 4 is 11.9 Å². The lowest BCUT2D eigenvalue weighted by atomic mass is 9.73. The quantitative estimate of drug-likeness (QED) is 0.753. The van der Waals surface area contributed by atoms with Crippen molar-refractivity contribution in [2.45, 2.75) is 44.9 Å². The summed E-state index contributed by atoms with van der Waals surface area (Å²) < 4.78 is 0. The SMILES string of the molecule is O=C(O)CCC[C@]1(C(=O)O)C2CC[C@H]1CC2. The minimum atomic E-state index is -0.828. The molecule has 2 aliphatic rings. The van der Waals surface area contributed by atoms with E-state index in [1.807, 2.05) is 0 Å². The minimum Gasteiger partial charge on any atom is -0.481 e. The van der Waals surface area contributed by atoms with Crippen LogP contribution >= 0.6 is 0 Å². The predicted molar refractivity (Wildman–Crippen MR) is 57.0 cm³/mol. The van der Waals surface area contributed by atoms with Gasteiger partial charge in [-0.15, -0.1) is 0 Å². The number of rotatable bonds is 5. The maximum absolute atomic E-state index is 11.5. The third-order valence-corrected chi connectivity index (χ3v) is 4.56. The molecule has 0 amide bonds. The molecule has 0 radical (unpaired) electrons. The van der Waals surface area contributed by atoms with Crippen LogP contribution in [0, 0.1) is 17.3 Å². The topological polar surface area (TPSA) is 74.6 Å². The standard InChI is InChI=1S/C12H18O4/c13-10(14)2-1-7-12(11(15)16)8-3-4-9(12)6-5-8/h8-9H,1-7H2,(H,13,14)(H,15,16)/t8-,9?,12?. The Morgan fingerprint density at radius 1 is 1.06 bits per heavy atom. The molecule has 4 nitrogen and oxygen atoms in total. The number of fused-ring (bicyclic) bond motifs is 2. The first-order valence-corrected chi connectivity index (χ1v) is 6.02. The Morgan fingerprint density at radius 2 is 1.56 bits per heavy atom. The van der Waals surface area contributed by atoms with Crippen LogP contribution in [0.5, 0.6) is 0 Å². The van der Waals surface area contributed by atoms with E-state index < -0.39 is 17.4 Å². The molecule has 0 saturated heterocycles. The Labute approximate surface area is 94.7 Å². The zero-order chi connectivity index (χ0) is 11.8. The van der Waals surface area contributed by atoms with Crippen LogP contribution in [0.15, 0.2) is 0 Å². The van der Waals surface area contributed by atoms with Crippen molar-refractivity contribution in [3.8, 4) is 0 Å². The summed E-state index contributed by atoms with van der Waals surface area (Å²) in [7, 11) is 0. The van der Waals surface area contributed by atoms with E-state index in [2.05, 4.69) is 0 Å². The van der Waals surface area contributed by atoms with Gasteiger partial charge in [-0.05, 0) is 50.4 Å². The highest BCUT2D eigenvalue weighted by atomic mass is 16.4. The summed E-state index contributed by atoms with van der Waals surface area (Å²) >= 11 is 0. The van der Waals surface area contributed by atoms with Crippen LogP contribution in [-0.2, 0) is 9.59 Å². The Hall–Kier alpha value is -1.06. The van der Waals surface area contributed by atoms with Crippen LogP contribution in [0.2, 0.25) is 0 Å². The fraction of sp³-hybridized carbons (Fsp3) is 0.833. The molecular formula is C12H18O4. The zero-order valence-electron chi connectivity index (χ0n) is 9.32. The summed E-state index contributed by atoms with van der Waals surface area (Å²) in [4.78, 5) is 22.0. The van der Waals surface area contributed by atoms with Gasteiger partial charge in [0, 0.05) is 6.42 Å². The van der Waals surface area contributed by atoms with Crippen molar-refractivity contribution in [1.82, 2.24) is 0 Å². The molecule has 0 aliphatic heterocycles. The number of carboxylic acid groups (broad SMARTS) is 2. The highest BCUT2D eigenvalue weighted by molar-refractivity contribution is 5.76. The Bertz CT molecular complexity index is 290. The van der Waals surface area contributed by atoms with E-state index in [0.29, 0.717) is 24.7 Å². The number of hydrogen-bond acceptors (Lipinski definition) is 2. The molecule has 0 spiro atoms. The van der Waals surface area contributed by atoms with Gasteiger partial charge in [0.1, 0.15) is 0 Å². The van der Waals surface area contributed by atoms with Crippen molar-refractivity contribution < 1.29 is 19.8 Å². The second-order valence-electron chi connectivity index (χ2n) is 5.14. The average Bonchev–Trinajstić information content (AvgIpc) is 2.73. The second-order valence-corrected chi connectivity index (χ2v) is 5.14. The fourth-order valence-corrected chi connectivity index (χ4v) is 3.85. The van der Waals surface area contributed by atoms with Gasteiger partial charge in [0.25, 0.3) is 0 Å². The van der Waals surface area contributed by atoms with Crippen LogP contribution in [0.1, 0.15) is 44.9 Å². The molecule has 2 N–H and O–H groups in total. The minimum absolute atomic E-state index is 0.0917. The summed E-state index contributed by atoms with van der Waals surface area (Å²) in [5.74, 6) is -0.929. The molecule has 2 aliphatic carbocycles. The zero-order valence-corrected chi connectivity index (χ0v) is 9.32. The second kappa shape index (κ2) is 4.07.